The molecule has 11 nitrogen and oxygen atoms in total. The summed E-state index contributed by atoms with van der Waals surface area (Å²) in [6.45, 7) is 4.81. The fourth-order valence-electron chi connectivity index (χ4n) is 9.17. The van der Waals surface area contributed by atoms with E-state index in [9.17, 15) is 24.8 Å². The second-order valence-electron chi connectivity index (χ2n) is 15.3. The molecule has 3 amide bonds. The number of hydrogen-bond donors (Lipinski definition) is 1. The Kier molecular flexibility index (Phi) is 9.34. The minimum atomic E-state index is -3.68. The molecule has 0 radical (unpaired) electrons. The van der Waals surface area contributed by atoms with Gasteiger partial charge in [0.2, 0.25) is 14.3 Å². The van der Waals surface area contributed by atoms with Gasteiger partial charge in [-0.15, -0.1) is 0 Å². The first kappa shape index (κ1) is 37.2. The lowest BCUT2D eigenvalue weighted by Crippen LogP contribution is -2.45. The fourth-order valence-corrected chi connectivity index (χ4v) is 11.7. The van der Waals surface area contributed by atoms with Crippen molar-refractivity contribution in [2.24, 2.45) is 5.92 Å². The van der Waals surface area contributed by atoms with Gasteiger partial charge in [-0.2, -0.15) is 0 Å². The Bertz CT molecular complexity index is 2400. The number of ether oxygens (including phenoxy) is 1. The Balaban J connectivity index is 1.15. The van der Waals surface area contributed by atoms with Crippen LogP contribution in [0.1, 0.15) is 40.4 Å². The van der Waals surface area contributed by atoms with Gasteiger partial charge < -0.3 is 23.8 Å². The van der Waals surface area contributed by atoms with E-state index in [-0.39, 0.29) is 55.7 Å². The highest BCUT2D eigenvalue weighted by Crippen LogP contribution is 2.61. The Morgan fingerprint density at radius 1 is 0.946 bits per heavy atom. The maximum atomic E-state index is 16.6. The Labute approximate surface area is 324 Å². The topological polar surface area (TPSA) is 134 Å². The average Bonchev–Trinajstić information content (AvgIpc) is 3.73. The molecule has 0 saturated carbocycles. The number of nitro groups is 1. The number of nitro benzene ring substituents is 1. The minimum Gasteiger partial charge on any atom is -0.395 e. The van der Waals surface area contributed by atoms with Crippen molar-refractivity contribution in [3.05, 3.63) is 142 Å². The van der Waals surface area contributed by atoms with E-state index in [0.29, 0.717) is 22.5 Å². The SMILES string of the molecule is C[C@@H]1[C@@H]([Si](C)(C)F)[C@H](CC(=O)N(CCO)Cc2ccccc2)O[C@@]12C(=O)N(Cc1cccc(N3C(=O)c4cccc5cccc3c45)c1)c1ccc([N+](=O)[O-])cc12. The largest absolute Gasteiger partial charge is 0.395 e. The van der Waals surface area contributed by atoms with Gasteiger partial charge in [-0.3, -0.25) is 29.4 Å². The average molecular weight is 773 g/mol. The molecule has 0 unspecified atom stereocenters. The van der Waals surface area contributed by atoms with E-state index in [0.717, 1.165) is 22.0 Å². The molecular formula is C43H41FN4O7Si. The molecule has 3 heterocycles. The molecule has 8 rings (SSSR count). The summed E-state index contributed by atoms with van der Waals surface area (Å²) in [6.07, 6.45) is -1.27. The number of aliphatic hydroxyl groups is 1. The Morgan fingerprint density at radius 2 is 1.66 bits per heavy atom. The van der Waals surface area contributed by atoms with Crippen LogP contribution >= 0.6 is 0 Å². The lowest BCUT2D eigenvalue weighted by molar-refractivity contribution is -0.385. The third kappa shape index (κ3) is 6.06. The first-order chi connectivity index (χ1) is 26.8. The van der Waals surface area contributed by atoms with Gasteiger partial charge in [-0.25, -0.2) is 0 Å². The van der Waals surface area contributed by atoms with Crippen molar-refractivity contribution in [3.8, 4) is 0 Å². The molecule has 0 aliphatic carbocycles. The first-order valence-electron chi connectivity index (χ1n) is 18.7. The zero-order chi connectivity index (χ0) is 39.5. The molecule has 0 aromatic heterocycles. The first-order valence-corrected chi connectivity index (χ1v) is 21.6. The number of benzene rings is 5. The van der Waals surface area contributed by atoms with Crippen molar-refractivity contribution in [3.63, 3.8) is 0 Å². The number of halogens is 1. The van der Waals surface area contributed by atoms with Gasteiger partial charge in [0.05, 0.1) is 47.5 Å². The standard InChI is InChI=1S/C43H41FN4O7Si/c1-27-40(56(2,3)44)37(24-38(50)45(20-21-49)25-28-10-5-4-6-11-28)55-43(27)34-23-32(48(53)54)18-19-35(34)46(42(43)52)26-29-12-7-15-31(22-29)47-36-17-9-14-30-13-8-16-33(39(30)36)41(47)51/h4-19,22-23,27,37,40,49H,20-21,24-26H2,1-3H3/t27-,37+,40-,43+/m1/s1. The summed E-state index contributed by atoms with van der Waals surface area (Å²) >= 11 is 0. The van der Waals surface area contributed by atoms with Gasteiger partial charge in [0, 0.05) is 53.3 Å². The highest BCUT2D eigenvalue weighted by Gasteiger charge is 2.67. The van der Waals surface area contributed by atoms with Crippen molar-refractivity contribution in [1.29, 1.82) is 0 Å². The van der Waals surface area contributed by atoms with E-state index >= 15 is 8.90 Å². The van der Waals surface area contributed by atoms with Gasteiger partial charge in [-0.05, 0) is 59.9 Å². The smallest absolute Gasteiger partial charge is 0.269 e. The molecule has 4 atom stereocenters. The van der Waals surface area contributed by atoms with Crippen LogP contribution in [-0.2, 0) is 33.0 Å². The lowest BCUT2D eigenvalue weighted by atomic mass is 9.82. The molecule has 286 valence electrons. The molecule has 0 bridgehead atoms. The number of anilines is 3. The van der Waals surface area contributed by atoms with Crippen LogP contribution < -0.4 is 9.80 Å². The van der Waals surface area contributed by atoms with Crippen molar-refractivity contribution in [2.45, 2.75) is 56.8 Å². The number of nitrogens with zero attached hydrogens (tertiary/aromatic N) is 4. The summed E-state index contributed by atoms with van der Waals surface area (Å²) in [5.74, 6) is -1.83. The number of fused-ring (bicyclic) bond motifs is 2. The molecule has 5 aromatic rings. The van der Waals surface area contributed by atoms with Crippen LogP contribution in [0.25, 0.3) is 10.8 Å². The number of rotatable bonds is 11. The molecule has 13 heteroatoms. The summed E-state index contributed by atoms with van der Waals surface area (Å²) in [5, 5.41) is 23.8. The molecule has 3 aliphatic rings. The van der Waals surface area contributed by atoms with Crippen LogP contribution in [0.2, 0.25) is 18.6 Å². The van der Waals surface area contributed by atoms with Gasteiger partial charge in [0.15, 0.2) is 5.60 Å². The predicted molar refractivity (Wildman–Crippen MR) is 213 cm³/mol. The van der Waals surface area contributed by atoms with E-state index in [1.807, 2.05) is 91.0 Å². The zero-order valence-electron chi connectivity index (χ0n) is 31.2. The van der Waals surface area contributed by atoms with Crippen LogP contribution in [0.4, 0.5) is 26.9 Å². The third-order valence-corrected chi connectivity index (χ3v) is 14.0. The molecule has 1 spiro atoms. The number of carbonyl (C=O) groups is 3. The minimum absolute atomic E-state index is 0.0283. The van der Waals surface area contributed by atoms with E-state index in [2.05, 4.69) is 0 Å². The predicted octanol–water partition coefficient (Wildman–Crippen LogP) is 7.77. The summed E-state index contributed by atoms with van der Waals surface area (Å²) in [6, 6.07) is 32.2. The Hall–Kier alpha value is -5.76. The highest BCUT2D eigenvalue weighted by molar-refractivity contribution is 6.72. The number of hydrogen-bond acceptors (Lipinski definition) is 7. The molecule has 1 fully saturated rings. The van der Waals surface area contributed by atoms with E-state index in [1.54, 1.807) is 11.8 Å². The molecule has 5 aromatic carbocycles. The van der Waals surface area contributed by atoms with E-state index in [4.69, 9.17) is 4.74 Å². The van der Waals surface area contributed by atoms with Crippen LogP contribution in [0.15, 0.2) is 109 Å². The van der Waals surface area contributed by atoms with Crippen molar-refractivity contribution < 1.29 is 33.3 Å². The van der Waals surface area contributed by atoms with Gasteiger partial charge in [0.25, 0.3) is 17.5 Å². The van der Waals surface area contributed by atoms with Crippen molar-refractivity contribution in [1.82, 2.24) is 4.90 Å². The number of non-ortho nitro benzene ring substituents is 1. The summed E-state index contributed by atoms with van der Waals surface area (Å²) in [5.41, 5.74) is 1.26. The van der Waals surface area contributed by atoms with Gasteiger partial charge in [-0.1, -0.05) is 73.7 Å². The molecule has 1 saturated heterocycles. The van der Waals surface area contributed by atoms with Gasteiger partial charge in [0.1, 0.15) is 0 Å². The van der Waals surface area contributed by atoms with E-state index < -0.39 is 42.4 Å². The van der Waals surface area contributed by atoms with Crippen LogP contribution in [0.3, 0.4) is 0 Å². The van der Waals surface area contributed by atoms with Gasteiger partial charge >= 0.3 is 0 Å². The maximum absolute atomic E-state index is 16.6. The van der Waals surface area contributed by atoms with Crippen LogP contribution in [-0.4, -0.2) is 60.3 Å². The Morgan fingerprint density at radius 3 is 2.38 bits per heavy atom. The summed E-state index contributed by atoms with van der Waals surface area (Å²) in [7, 11) is -3.68. The van der Waals surface area contributed by atoms with Crippen LogP contribution in [0, 0.1) is 16.0 Å². The summed E-state index contributed by atoms with van der Waals surface area (Å²) < 4.78 is 23.3. The number of carbonyl (C=O) groups excluding carboxylic acids is 3. The molecular weight excluding hydrogens is 732 g/mol. The maximum Gasteiger partial charge on any atom is 0.269 e. The normalized spacial score (nSPS) is 21.3. The monoisotopic (exact) mass is 772 g/mol. The second-order valence-corrected chi connectivity index (χ2v) is 19.1. The molecule has 3 aliphatic heterocycles. The third-order valence-electron chi connectivity index (χ3n) is 11.5. The number of amides is 3. The van der Waals surface area contributed by atoms with Crippen molar-refractivity contribution in [2.75, 3.05) is 23.0 Å². The molecule has 1 N–H and O–H groups in total. The molecule has 56 heavy (non-hydrogen) atoms. The second kappa shape index (κ2) is 14.1. The quantitative estimate of drug-likeness (QED) is 0.0628. The lowest BCUT2D eigenvalue weighted by Gasteiger charge is -2.31. The van der Waals surface area contributed by atoms with E-state index in [1.165, 1.54) is 41.1 Å². The number of aliphatic hydroxyl groups excluding tert-OH is 1. The highest BCUT2D eigenvalue weighted by atomic mass is 28.4. The van der Waals surface area contributed by atoms with Crippen LogP contribution in [0.5, 0.6) is 0 Å². The fraction of sp³-hybridized carbons (Fsp3) is 0.279. The summed E-state index contributed by atoms with van der Waals surface area (Å²) in [4.78, 5) is 59.0. The van der Waals surface area contributed by atoms with Crippen molar-refractivity contribution >= 4 is 59.7 Å². The zero-order valence-corrected chi connectivity index (χ0v) is 32.2.